The standard InChI is InChI=1S/C29H36N4O4S/c1-18-9-5-7-11-23(18)27-25-14-13-21(29(35)31-38(36,37)32(3)4)16-26(25)33-17-22(30-19(2)34)15-20-10-6-8-12-24(20)28(27)33/h6,8,10,12-14,16,18,22-23H,5,7,9,11,15,17H2,1-4H3,(H,30,34)(H,31,35)/t18-,22?,23?/m0/s1. The van der Waals surface area contributed by atoms with Gasteiger partial charge in [0.05, 0.1) is 11.7 Å². The maximum Gasteiger partial charge on any atom is 0.303 e. The molecular formula is C29H36N4O4S. The Morgan fingerprint density at radius 1 is 1.05 bits per heavy atom. The summed E-state index contributed by atoms with van der Waals surface area (Å²) in [6.45, 7) is 4.42. The van der Waals surface area contributed by atoms with Crippen LogP contribution >= 0.6 is 0 Å². The lowest BCUT2D eigenvalue weighted by atomic mass is 9.75. The lowest BCUT2D eigenvalue weighted by Crippen LogP contribution is -2.39. The van der Waals surface area contributed by atoms with Gasteiger partial charge in [-0.2, -0.15) is 12.7 Å². The van der Waals surface area contributed by atoms with E-state index >= 15 is 0 Å². The van der Waals surface area contributed by atoms with Crippen LogP contribution in [0.25, 0.3) is 22.2 Å². The summed E-state index contributed by atoms with van der Waals surface area (Å²) in [5.74, 6) is 0.147. The molecule has 2 N–H and O–H groups in total. The molecule has 38 heavy (non-hydrogen) atoms. The Bertz CT molecular complexity index is 1510. The number of nitrogens with zero attached hydrogens (tertiary/aromatic N) is 2. The third-order valence-corrected chi connectivity index (χ3v) is 9.50. The van der Waals surface area contributed by atoms with Crippen LogP contribution in [-0.4, -0.2) is 49.2 Å². The molecule has 1 aliphatic heterocycles. The Labute approximate surface area is 224 Å². The molecule has 3 atom stereocenters. The quantitative estimate of drug-likeness (QED) is 0.510. The first-order valence-corrected chi connectivity index (χ1v) is 14.8. The summed E-state index contributed by atoms with van der Waals surface area (Å²) in [5.41, 5.74) is 5.96. The molecule has 1 saturated carbocycles. The molecule has 0 saturated heterocycles. The summed E-state index contributed by atoms with van der Waals surface area (Å²) in [6, 6.07) is 13.8. The number of nitrogens with one attached hydrogen (secondary N) is 2. The van der Waals surface area contributed by atoms with Gasteiger partial charge in [-0.1, -0.05) is 56.5 Å². The van der Waals surface area contributed by atoms with E-state index < -0.39 is 16.1 Å². The number of rotatable bonds is 5. The van der Waals surface area contributed by atoms with E-state index in [2.05, 4.69) is 39.7 Å². The van der Waals surface area contributed by atoms with Gasteiger partial charge in [0.2, 0.25) is 5.91 Å². The minimum absolute atomic E-state index is 0.0810. The predicted molar refractivity (Wildman–Crippen MR) is 149 cm³/mol. The Kier molecular flexibility index (Phi) is 7.09. The molecule has 9 heteroatoms. The van der Waals surface area contributed by atoms with Gasteiger partial charge in [-0.25, -0.2) is 4.72 Å². The zero-order valence-corrected chi connectivity index (χ0v) is 23.3. The van der Waals surface area contributed by atoms with Crippen LogP contribution in [0, 0.1) is 5.92 Å². The van der Waals surface area contributed by atoms with Crippen LogP contribution in [0.3, 0.4) is 0 Å². The van der Waals surface area contributed by atoms with E-state index in [4.69, 9.17) is 0 Å². The van der Waals surface area contributed by atoms with Gasteiger partial charge in [0.1, 0.15) is 0 Å². The zero-order valence-electron chi connectivity index (χ0n) is 22.5. The molecule has 2 amide bonds. The molecule has 0 spiro atoms. The summed E-state index contributed by atoms with van der Waals surface area (Å²) in [5, 5.41) is 4.21. The number of fused-ring (bicyclic) bond motifs is 5. The van der Waals surface area contributed by atoms with E-state index in [1.165, 1.54) is 51.4 Å². The number of carbonyl (C=O) groups is 2. The maximum atomic E-state index is 13.0. The van der Waals surface area contributed by atoms with E-state index in [1.807, 2.05) is 12.1 Å². The minimum atomic E-state index is -3.92. The summed E-state index contributed by atoms with van der Waals surface area (Å²) < 4.78 is 30.0. The van der Waals surface area contributed by atoms with Crippen LogP contribution in [-0.2, 0) is 28.0 Å². The van der Waals surface area contributed by atoms with Gasteiger partial charge >= 0.3 is 10.2 Å². The zero-order chi connectivity index (χ0) is 27.2. The molecule has 2 heterocycles. The van der Waals surface area contributed by atoms with E-state index in [1.54, 1.807) is 12.1 Å². The van der Waals surface area contributed by atoms with Crippen LogP contribution in [0.2, 0.25) is 0 Å². The Balaban J connectivity index is 1.74. The number of amides is 2. The Morgan fingerprint density at radius 2 is 1.79 bits per heavy atom. The van der Waals surface area contributed by atoms with Gasteiger partial charge < -0.3 is 9.88 Å². The van der Waals surface area contributed by atoms with Gasteiger partial charge in [-0.05, 0) is 47.9 Å². The normalized spacial score (nSPS) is 21.4. The van der Waals surface area contributed by atoms with Gasteiger partial charge in [0, 0.05) is 49.6 Å². The summed E-state index contributed by atoms with van der Waals surface area (Å²) in [6.07, 6.45) is 5.40. The second kappa shape index (κ2) is 10.2. The topological polar surface area (TPSA) is 101 Å². The Morgan fingerprint density at radius 3 is 2.50 bits per heavy atom. The van der Waals surface area contributed by atoms with Crippen LogP contribution in [0.4, 0.5) is 0 Å². The van der Waals surface area contributed by atoms with Crippen molar-refractivity contribution >= 4 is 32.9 Å². The first kappa shape index (κ1) is 26.4. The van der Waals surface area contributed by atoms with E-state index in [0.717, 1.165) is 32.9 Å². The van der Waals surface area contributed by atoms with Crippen molar-refractivity contribution in [3.8, 4) is 11.3 Å². The lowest BCUT2D eigenvalue weighted by Gasteiger charge is -2.30. The van der Waals surface area contributed by atoms with Gasteiger partial charge in [-0.3, -0.25) is 9.59 Å². The Hall–Kier alpha value is -3.17. The largest absolute Gasteiger partial charge is 0.351 e. The summed E-state index contributed by atoms with van der Waals surface area (Å²) in [7, 11) is -1.17. The average Bonchev–Trinajstić information content (AvgIpc) is 3.07. The summed E-state index contributed by atoms with van der Waals surface area (Å²) >= 11 is 0. The highest BCUT2D eigenvalue weighted by Crippen LogP contribution is 2.48. The van der Waals surface area contributed by atoms with Crippen molar-refractivity contribution in [1.82, 2.24) is 18.9 Å². The van der Waals surface area contributed by atoms with Gasteiger partial charge in [0.25, 0.3) is 5.91 Å². The second-order valence-electron chi connectivity index (χ2n) is 11.0. The molecule has 5 rings (SSSR count). The second-order valence-corrected chi connectivity index (χ2v) is 12.8. The van der Waals surface area contributed by atoms with E-state index in [9.17, 15) is 18.0 Å². The number of carbonyl (C=O) groups excluding carboxylic acids is 2. The highest BCUT2D eigenvalue weighted by atomic mass is 32.2. The van der Waals surface area contributed by atoms with E-state index in [0.29, 0.717) is 24.8 Å². The molecule has 2 aliphatic rings. The molecule has 3 aromatic rings. The smallest absolute Gasteiger partial charge is 0.303 e. The van der Waals surface area contributed by atoms with Crippen molar-refractivity contribution < 1.29 is 18.0 Å². The fraction of sp³-hybridized carbons (Fsp3) is 0.448. The van der Waals surface area contributed by atoms with Gasteiger partial charge in [-0.15, -0.1) is 0 Å². The van der Waals surface area contributed by atoms with Crippen molar-refractivity contribution in [2.45, 2.75) is 64.5 Å². The van der Waals surface area contributed by atoms with Crippen LogP contribution in [0.1, 0.15) is 66.9 Å². The minimum Gasteiger partial charge on any atom is -0.351 e. The van der Waals surface area contributed by atoms with Crippen molar-refractivity contribution in [3.05, 3.63) is 59.2 Å². The lowest BCUT2D eigenvalue weighted by molar-refractivity contribution is -0.119. The average molecular weight is 537 g/mol. The maximum absolute atomic E-state index is 13.0. The molecule has 1 aliphatic carbocycles. The van der Waals surface area contributed by atoms with Crippen molar-refractivity contribution in [2.75, 3.05) is 14.1 Å². The highest BCUT2D eigenvalue weighted by molar-refractivity contribution is 7.87. The first-order chi connectivity index (χ1) is 18.1. The van der Waals surface area contributed by atoms with Crippen molar-refractivity contribution in [3.63, 3.8) is 0 Å². The SMILES string of the molecule is CC(=O)NC1Cc2ccccc2-c2c(C3CCCC[C@@H]3C)c3ccc(C(=O)NS(=O)(=O)N(C)C)cc3n2C1. The third kappa shape index (κ3) is 4.85. The van der Waals surface area contributed by atoms with Crippen LogP contribution in [0.15, 0.2) is 42.5 Å². The number of hydrogen-bond donors (Lipinski definition) is 2. The monoisotopic (exact) mass is 536 g/mol. The fourth-order valence-electron chi connectivity index (χ4n) is 6.25. The number of benzene rings is 2. The molecule has 8 nitrogen and oxygen atoms in total. The predicted octanol–water partition coefficient (Wildman–Crippen LogP) is 4.20. The third-order valence-electron chi connectivity index (χ3n) is 8.10. The molecule has 0 bridgehead atoms. The molecule has 2 aromatic carbocycles. The molecule has 1 fully saturated rings. The molecular weight excluding hydrogens is 500 g/mol. The van der Waals surface area contributed by atoms with E-state index in [-0.39, 0.29) is 17.5 Å². The van der Waals surface area contributed by atoms with Crippen molar-refractivity contribution in [1.29, 1.82) is 0 Å². The molecule has 2 unspecified atom stereocenters. The highest BCUT2D eigenvalue weighted by Gasteiger charge is 2.33. The number of hydrogen-bond acceptors (Lipinski definition) is 4. The fourth-order valence-corrected chi connectivity index (χ4v) is 6.78. The van der Waals surface area contributed by atoms with Crippen molar-refractivity contribution in [2.24, 2.45) is 5.92 Å². The molecule has 0 radical (unpaired) electrons. The van der Waals surface area contributed by atoms with Gasteiger partial charge in [0.15, 0.2) is 0 Å². The number of aromatic nitrogens is 1. The molecule has 1 aromatic heterocycles. The van der Waals surface area contributed by atoms with Crippen LogP contribution in [0.5, 0.6) is 0 Å². The summed E-state index contributed by atoms with van der Waals surface area (Å²) in [4.78, 5) is 25.1. The molecule has 202 valence electrons. The first-order valence-electron chi connectivity index (χ1n) is 13.3. The van der Waals surface area contributed by atoms with Crippen LogP contribution < -0.4 is 10.0 Å².